The smallest absolute Gasteiger partial charge is 0.128 e. The van der Waals surface area contributed by atoms with Crippen LogP contribution < -0.4 is 5.73 Å². The van der Waals surface area contributed by atoms with E-state index in [4.69, 9.17) is 10.5 Å². The third-order valence-electron chi connectivity index (χ3n) is 2.46. The Hall–Kier alpha value is -0.930. The Balaban J connectivity index is 2.05. The van der Waals surface area contributed by atoms with Gasteiger partial charge in [-0.15, -0.1) is 0 Å². The average molecular weight is 225 g/mol. The Morgan fingerprint density at radius 2 is 1.81 bits per heavy atom. The van der Waals surface area contributed by atoms with Crippen molar-refractivity contribution < 1.29 is 9.13 Å². The summed E-state index contributed by atoms with van der Waals surface area (Å²) in [7, 11) is 0. The minimum atomic E-state index is -0.189. The van der Waals surface area contributed by atoms with E-state index in [9.17, 15) is 4.39 Å². The fourth-order valence-electron chi connectivity index (χ4n) is 1.50. The van der Waals surface area contributed by atoms with E-state index in [-0.39, 0.29) is 5.82 Å². The standard InChI is InChI=1S/C13H20FNO/c14-13-8-4-3-7-12(13)11-16-10-6-2-1-5-9-15/h3-4,7-8H,1-2,5-6,9-11,15H2. The Kier molecular flexibility index (Phi) is 6.77. The molecular weight excluding hydrogens is 205 g/mol. The maximum absolute atomic E-state index is 13.2. The van der Waals surface area contributed by atoms with Crippen LogP contribution in [0.1, 0.15) is 31.2 Å². The molecule has 0 aliphatic rings. The molecule has 2 nitrogen and oxygen atoms in total. The third kappa shape index (κ3) is 5.24. The molecule has 0 saturated carbocycles. The van der Waals surface area contributed by atoms with E-state index in [0.29, 0.717) is 18.8 Å². The summed E-state index contributed by atoms with van der Waals surface area (Å²) in [5, 5.41) is 0. The maximum Gasteiger partial charge on any atom is 0.128 e. The maximum atomic E-state index is 13.2. The van der Waals surface area contributed by atoms with Crippen molar-refractivity contribution in [2.24, 2.45) is 5.73 Å². The van der Waals surface area contributed by atoms with Gasteiger partial charge in [-0.3, -0.25) is 0 Å². The lowest BCUT2D eigenvalue weighted by molar-refractivity contribution is 0.114. The first-order valence-corrected chi connectivity index (χ1v) is 5.86. The molecule has 0 amide bonds. The minimum absolute atomic E-state index is 0.189. The molecule has 0 unspecified atom stereocenters. The van der Waals surface area contributed by atoms with Crippen molar-refractivity contribution in [2.45, 2.75) is 32.3 Å². The summed E-state index contributed by atoms with van der Waals surface area (Å²) in [6, 6.07) is 6.72. The molecule has 90 valence electrons. The molecule has 16 heavy (non-hydrogen) atoms. The van der Waals surface area contributed by atoms with Crippen LogP contribution in [0.25, 0.3) is 0 Å². The van der Waals surface area contributed by atoms with Crippen molar-refractivity contribution in [3.63, 3.8) is 0 Å². The van der Waals surface area contributed by atoms with Crippen LogP contribution in [0.2, 0.25) is 0 Å². The largest absolute Gasteiger partial charge is 0.377 e. The topological polar surface area (TPSA) is 35.2 Å². The summed E-state index contributed by atoms with van der Waals surface area (Å²) in [6.07, 6.45) is 4.38. The molecule has 0 bridgehead atoms. The number of rotatable bonds is 8. The van der Waals surface area contributed by atoms with Crippen LogP contribution in [-0.2, 0) is 11.3 Å². The highest BCUT2D eigenvalue weighted by Gasteiger charge is 1.99. The molecule has 0 saturated heterocycles. The molecule has 0 radical (unpaired) electrons. The Morgan fingerprint density at radius 3 is 2.56 bits per heavy atom. The monoisotopic (exact) mass is 225 g/mol. The quantitative estimate of drug-likeness (QED) is 0.690. The first kappa shape index (κ1) is 13.1. The Labute approximate surface area is 96.6 Å². The van der Waals surface area contributed by atoms with Crippen molar-refractivity contribution in [1.82, 2.24) is 0 Å². The van der Waals surface area contributed by atoms with Crippen molar-refractivity contribution >= 4 is 0 Å². The number of unbranched alkanes of at least 4 members (excludes halogenated alkanes) is 3. The summed E-state index contributed by atoms with van der Waals surface area (Å²) >= 11 is 0. The number of benzene rings is 1. The second kappa shape index (κ2) is 8.25. The SMILES string of the molecule is NCCCCCCOCc1ccccc1F. The highest BCUT2D eigenvalue weighted by molar-refractivity contribution is 5.16. The van der Waals surface area contributed by atoms with Gasteiger partial charge in [-0.05, 0) is 25.5 Å². The van der Waals surface area contributed by atoms with Crippen molar-refractivity contribution in [3.05, 3.63) is 35.6 Å². The highest BCUT2D eigenvalue weighted by atomic mass is 19.1. The fraction of sp³-hybridized carbons (Fsp3) is 0.538. The van der Waals surface area contributed by atoms with Crippen molar-refractivity contribution in [3.8, 4) is 0 Å². The molecule has 0 aliphatic carbocycles. The molecule has 3 heteroatoms. The van der Waals surface area contributed by atoms with Crippen LogP contribution in [0, 0.1) is 5.82 Å². The molecule has 1 aromatic rings. The van der Waals surface area contributed by atoms with E-state index in [1.165, 1.54) is 6.07 Å². The molecule has 1 rings (SSSR count). The highest BCUT2D eigenvalue weighted by Crippen LogP contribution is 2.08. The van der Waals surface area contributed by atoms with Gasteiger partial charge in [0.1, 0.15) is 5.82 Å². The van der Waals surface area contributed by atoms with Gasteiger partial charge < -0.3 is 10.5 Å². The van der Waals surface area contributed by atoms with Gasteiger partial charge in [0.25, 0.3) is 0 Å². The molecule has 0 spiro atoms. The van der Waals surface area contributed by atoms with Gasteiger partial charge in [-0.2, -0.15) is 0 Å². The lowest BCUT2D eigenvalue weighted by atomic mass is 10.2. The van der Waals surface area contributed by atoms with E-state index in [2.05, 4.69) is 0 Å². The van der Waals surface area contributed by atoms with E-state index in [1.807, 2.05) is 6.07 Å². The van der Waals surface area contributed by atoms with E-state index >= 15 is 0 Å². The summed E-state index contributed by atoms with van der Waals surface area (Å²) in [6.45, 7) is 1.82. The summed E-state index contributed by atoms with van der Waals surface area (Å²) in [4.78, 5) is 0. The van der Waals surface area contributed by atoms with Crippen LogP contribution in [0.5, 0.6) is 0 Å². The number of hydrogen-bond donors (Lipinski definition) is 1. The van der Waals surface area contributed by atoms with E-state index < -0.39 is 0 Å². The molecule has 0 fully saturated rings. The van der Waals surface area contributed by atoms with Gasteiger partial charge in [0.15, 0.2) is 0 Å². The molecular formula is C13H20FNO. The Morgan fingerprint density at radius 1 is 1.06 bits per heavy atom. The van der Waals surface area contributed by atoms with Gasteiger partial charge >= 0.3 is 0 Å². The van der Waals surface area contributed by atoms with Gasteiger partial charge in [0.05, 0.1) is 6.61 Å². The fourth-order valence-corrected chi connectivity index (χ4v) is 1.50. The zero-order valence-corrected chi connectivity index (χ0v) is 9.62. The summed E-state index contributed by atoms with van der Waals surface area (Å²) in [5.74, 6) is -0.189. The van der Waals surface area contributed by atoms with Gasteiger partial charge in [-0.25, -0.2) is 4.39 Å². The van der Waals surface area contributed by atoms with Crippen LogP contribution >= 0.6 is 0 Å². The average Bonchev–Trinajstić information content (AvgIpc) is 2.30. The molecule has 0 heterocycles. The van der Waals surface area contributed by atoms with Gasteiger partial charge in [0, 0.05) is 12.2 Å². The van der Waals surface area contributed by atoms with Crippen LogP contribution in [0.3, 0.4) is 0 Å². The second-order valence-electron chi connectivity index (χ2n) is 3.85. The summed E-state index contributed by atoms with van der Waals surface area (Å²) in [5.41, 5.74) is 6.02. The van der Waals surface area contributed by atoms with Crippen LogP contribution in [0.4, 0.5) is 4.39 Å². The van der Waals surface area contributed by atoms with Crippen LogP contribution in [-0.4, -0.2) is 13.2 Å². The normalized spacial score (nSPS) is 10.6. The Bertz CT molecular complexity index is 291. The van der Waals surface area contributed by atoms with E-state index in [1.54, 1.807) is 12.1 Å². The molecule has 2 N–H and O–H groups in total. The number of ether oxygens (including phenoxy) is 1. The minimum Gasteiger partial charge on any atom is -0.377 e. The lowest BCUT2D eigenvalue weighted by Crippen LogP contribution is -2.00. The zero-order valence-electron chi connectivity index (χ0n) is 9.62. The number of nitrogens with two attached hydrogens (primary N) is 1. The molecule has 0 atom stereocenters. The molecule has 1 aromatic carbocycles. The third-order valence-corrected chi connectivity index (χ3v) is 2.46. The van der Waals surface area contributed by atoms with Gasteiger partial charge in [-0.1, -0.05) is 31.0 Å². The summed E-state index contributed by atoms with van der Waals surface area (Å²) < 4.78 is 18.6. The molecule has 0 aliphatic heterocycles. The van der Waals surface area contributed by atoms with Gasteiger partial charge in [0.2, 0.25) is 0 Å². The number of halogens is 1. The van der Waals surface area contributed by atoms with E-state index in [0.717, 1.165) is 32.2 Å². The second-order valence-corrected chi connectivity index (χ2v) is 3.85. The van der Waals surface area contributed by atoms with Crippen molar-refractivity contribution in [2.75, 3.05) is 13.2 Å². The van der Waals surface area contributed by atoms with Crippen LogP contribution in [0.15, 0.2) is 24.3 Å². The zero-order chi connectivity index (χ0) is 11.6. The molecule has 0 aromatic heterocycles. The first-order chi connectivity index (χ1) is 7.84. The first-order valence-electron chi connectivity index (χ1n) is 5.86. The predicted molar refractivity (Wildman–Crippen MR) is 63.6 cm³/mol. The van der Waals surface area contributed by atoms with Crippen molar-refractivity contribution in [1.29, 1.82) is 0 Å². The number of hydrogen-bond acceptors (Lipinski definition) is 2. The lowest BCUT2D eigenvalue weighted by Gasteiger charge is -2.05. The predicted octanol–water partition coefficient (Wildman–Crippen LogP) is 2.86.